The van der Waals surface area contributed by atoms with Crippen molar-refractivity contribution in [2.75, 3.05) is 6.67 Å². The second kappa shape index (κ2) is 3.59. The van der Waals surface area contributed by atoms with Crippen LogP contribution < -0.4 is 0 Å². The monoisotopic (exact) mass is 106 g/mol. The Hall–Kier alpha value is -0.600. The fourth-order valence-corrected chi connectivity index (χ4v) is 0.218. The van der Waals surface area contributed by atoms with Gasteiger partial charge in [0, 0.05) is 6.42 Å². The third-order valence-electron chi connectivity index (χ3n) is 0.524. The fourth-order valence-electron chi connectivity index (χ4n) is 0.218. The highest BCUT2D eigenvalue weighted by molar-refractivity contribution is 5.66. The highest BCUT2D eigenvalue weighted by atomic mass is 19.1. The molecule has 3 heteroatoms. The SMILES string of the molecule is O=C(O)CCCF. The average molecular weight is 106 g/mol. The molecular formula is C4H7FO2. The molecule has 0 aromatic carbocycles. The van der Waals surface area contributed by atoms with Crippen LogP contribution in [0.5, 0.6) is 0 Å². The lowest BCUT2D eigenvalue weighted by atomic mass is 10.3. The van der Waals surface area contributed by atoms with Crippen molar-refractivity contribution >= 4 is 5.97 Å². The number of alkyl halides is 1. The summed E-state index contributed by atoms with van der Waals surface area (Å²) in [6.45, 7) is -0.535. The van der Waals surface area contributed by atoms with E-state index in [4.69, 9.17) is 5.11 Å². The van der Waals surface area contributed by atoms with Crippen LogP contribution in [-0.2, 0) is 4.79 Å². The summed E-state index contributed by atoms with van der Waals surface area (Å²) in [5.41, 5.74) is 0. The molecule has 0 aromatic heterocycles. The molecule has 0 amide bonds. The third kappa shape index (κ3) is 5.40. The van der Waals surface area contributed by atoms with Crippen LogP contribution in [0.25, 0.3) is 0 Å². The Morgan fingerprint density at radius 2 is 2.29 bits per heavy atom. The Morgan fingerprint density at radius 3 is 2.43 bits per heavy atom. The third-order valence-corrected chi connectivity index (χ3v) is 0.524. The topological polar surface area (TPSA) is 37.3 Å². The first-order valence-corrected chi connectivity index (χ1v) is 2.05. The van der Waals surface area contributed by atoms with Crippen molar-refractivity contribution < 1.29 is 14.3 Å². The van der Waals surface area contributed by atoms with Crippen molar-refractivity contribution in [2.45, 2.75) is 12.8 Å². The fraction of sp³-hybridized carbons (Fsp3) is 0.750. The lowest BCUT2D eigenvalue weighted by molar-refractivity contribution is -0.137. The summed E-state index contributed by atoms with van der Waals surface area (Å²) in [5, 5.41) is 7.88. The Labute approximate surface area is 41.0 Å². The summed E-state index contributed by atoms with van der Waals surface area (Å²) in [6.07, 6.45) is 0.0752. The van der Waals surface area contributed by atoms with Crippen LogP contribution in [-0.4, -0.2) is 17.8 Å². The van der Waals surface area contributed by atoms with Gasteiger partial charge in [-0.05, 0) is 6.42 Å². The van der Waals surface area contributed by atoms with E-state index in [-0.39, 0.29) is 12.8 Å². The average Bonchev–Trinajstić information content (AvgIpc) is 1.61. The van der Waals surface area contributed by atoms with Gasteiger partial charge in [-0.2, -0.15) is 0 Å². The Morgan fingerprint density at radius 1 is 1.71 bits per heavy atom. The van der Waals surface area contributed by atoms with Gasteiger partial charge >= 0.3 is 5.97 Å². The molecule has 0 unspecified atom stereocenters. The minimum absolute atomic E-state index is 0.0590. The first-order chi connectivity index (χ1) is 3.27. The Bertz CT molecular complexity index is 62.7. The van der Waals surface area contributed by atoms with Gasteiger partial charge in [-0.1, -0.05) is 0 Å². The van der Waals surface area contributed by atoms with Gasteiger partial charge in [-0.3, -0.25) is 9.18 Å². The van der Waals surface area contributed by atoms with E-state index in [1.165, 1.54) is 0 Å². The van der Waals surface area contributed by atoms with Crippen molar-refractivity contribution in [3.05, 3.63) is 0 Å². The molecule has 0 spiro atoms. The first kappa shape index (κ1) is 6.40. The highest BCUT2D eigenvalue weighted by Crippen LogP contribution is 1.86. The zero-order valence-corrected chi connectivity index (χ0v) is 3.85. The molecular weight excluding hydrogens is 99.0 g/mol. The van der Waals surface area contributed by atoms with E-state index >= 15 is 0 Å². The molecule has 0 heterocycles. The van der Waals surface area contributed by atoms with Crippen molar-refractivity contribution in [3.8, 4) is 0 Å². The predicted octanol–water partition coefficient (Wildman–Crippen LogP) is 0.821. The number of halogens is 1. The van der Waals surface area contributed by atoms with Crippen LogP contribution in [0.4, 0.5) is 4.39 Å². The number of hydrogen-bond acceptors (Lipinski definition) is 1. The number of hydrogen-bond donors (Lipinski definition) is 1. The summed E-state index contributed by atoms with van der Waals surface area (Å²) in [6, 6.07) is 0. The molecule has 7 heavy (non-hydrogen) atoms. The Kier molecular flexibility index (Phi) is 3.28. The number of carboxylic acid groups (broad SMARTS) is 1. The van der Waals surface area contributed by atoms with Crippen LogP contribution >= 0.6 is 0 Å². The normalized spacial score (nSPS) is 8.71. The molecule has 0 fully saturated rings. The number of rotatable bonds is 3. The maximum Gasteiger partial charge on any atom is 0.303 e. The minimum Gasteiger partial charge on any atom is -0.481 e. The van der Waals surface area contributed by atoms with E-state index < -0.39 is 12.6 Å². The second-order valence-corrected chi connectivity index (χ2v) is 1.19. The zero-order valence-electron chi connectivity index (χ0n) is 3.85. The van der Waals surface area contributed by atoms with E-state index in [0.29, 0.717) is 0 Å². The molecule has 0 aliphatic carbocycles. The summed E-state index contributed by atoms with van der Waals surface area (Å²) >= 11 is 0. The van der Waals surface area contributed by atoms with Crippen LogP contribution in [0.2, 0.25) is 0 Å². The number of aliphatic carboxylic acids is 1. The first-order valence-electron chi connectivity index (χ1n) is 2.05. The van der Waals surface area contributed by atoms with E-state index in [9.17, 15) is 9.18 Å². The molecule has 0 saturated carbocycles. The van der Waals surface area contributed by atoms with E-state index in [1.807, 2.05) is 0 Å². The largest absolute Gasteiger partial charge is 0.481 e. The number of carboxylic acids is 1. The molecule has 0 aliphatic heterocycles. The van der Waals surface area contributed by atoms with Crippen molar-refractivity contribution in [1.29, 1.82) is 0 Å². The predicted molar refractivity (Wildman–Crippen MR) is 22.8 cm³/mol. The molecule has 1 N–H and O–H groups in total. The minimum atomic E-state index is -0.933. The molecule has 0 saturated heterocycles. The second-order valence-electron chi connectivity index (χ2n) is 1.19. The molecule has 42 valence electrons. The van der Waals surface area contributed by atoms with Gasteiger partial charge in [0.05, 0.1) is 6.67 Å². The molecule has 0 atom stereocenters. The maximum atomic E-state index is 11.1. The molecule has 0 bridgehead atoms. The van der Waals surface area contributed by atoms with Crippen LogP contribution in [0.1, 0.15) is 12.8 Å². The van der Waals surface area contributed by atoms with Crippen LogP contribution in [0.15, 0.2) is 0 Å². The smallest absolute Gasteiger partial charge is 0.303 e. The lowest BCUT2D eigenvalue weighted by Crippen LogP contribution is -1.93. The van der Waals surface area contributed by atoms with E-state index in [1.54, 1.807) is 0 Å². The summed E-state index contributed by atoms with van der Waals surface area (Å²) in [4.78, 5) is 9.59. The molecule has 0 aromatic rings. The standard InChI is InChI=1S/C4H7FO2/c5-3-1-2-4(6)7/h1-3H2,(H,6,7). The van der Waals surface area contributed by atoms with Gasteiger partial charge in [0.2, 0.25) is 0 Å². The highest BCUT2D eigenvalue weighted by Gasteiger charge is 1.92. The van der Waals surface area contributed by atoms with Crippen molar-refractivity contribution in [3.63, 3.8) is 0 Å². The molecule has 0 rings (SSSR count). The van der Waals surface area contributed by atoms with Gasteiger partial charge in [-0.25, -0.2) is 0 Å². The van der Waals surface area contributed by atoms with Gasteiger partial charge < -0.3 is 5.11 Å². The summed E-state index contributed by atoms with van der Waals surface area (Å²) in [7, 11) is 0. The summed E-state index contributed by atoms with van der Waals surface area (Å²) in [5.74, 6) is -0.933. The van der Waals surface area contributed by atoms with Gasteiger partial charge in [0.1, 0.15) is 0 Å². The van der Waals surface area contributed by atoms with E-state index in [2.05, 4.69) is 0 Å². The van der Waals surface area contributed by atoms with Crippen LogP contribution in [0, 0.1) is 0 Å². The summed E-state index contributed by atoms with van der Waals surface area (Å²) < 4.78 is 11.1. The molecule has 0 aliphatic rings. The van der Waals surface area contributed by atoms with Gasteiger partial charge in [0.25, 0.3) is 0 Å². The molecule has 2 nitrogen and oxygen atoms in total. The van der Waals surface area contributed by atoms with Gasteiger partial charge in [-0.15, -0.1) is 0 Å². The van der Waals surface area contributed by atoms with Gasteiger partial charge in [0.15, 0.2) is 0 Å². The van der Waals surface area contributed by atoms with Crippen molar-refractivity contribution in [1.82, 2.24) is 0 Å². The quantitative estimate of drug-likeness (QED) is 0.578. The molecule has 0 radical (unpaired) electrons. The van der Waals surface area contributed by atoms with Crippen LogP contribution in [0.3, 0.4) is 0 Å². The Balaban J connectivity index is 2.82. The lowest BCUT2D eigenvalue weighted by Gasteiger charge is -1.83. The van der Waals surface area contributed by atoms with Crippen molar-refractivity contribution in [2.24, 2.45) is 0 Å². The maximum absolute atomic E-state index is 11.1. The number of carbonyl (C=O) groups is 1. The zero-order chi connectivity index (χ0) is 5.70. The van der Waals surface area contributed by atoms with E-state index in [0.717, 1.165) is 0 Å².